The van der Waals surface area contributed by atoms with Gasteiger partial charge in [0.25, 0.3) is 5.91 Å². The van der Waals surface area contributed by atoms with Gasteiger partial charge in [-0.2, -0.15) is 8.75 Å². The van der Waals surface area contributed by atoms with Crippen LogP contribution in [0.25, 0.3) is 11.0 Å². The molecule has 27 heavy (non-hydrogen) atoms. The molecule has 1 aromatic heterocycles. The minimum atomic E-state index is -0.572. The van der Waals surface area contributed by atoms with Crippen molar-refractivity contribution < 1.29 is 19.1 Å². The van der Waals surface area contributed by atoms with Gasteiger partial charge in [0, 0.05) is 23.6 Å². The zero-order valence-electron chi connectivity index (χ0n) is 14.4. The number of amides is 2. The Kier molecular flexibility index (Phi) is 4.36. The molecule has 9 heteroatoms. The Morgan fingerprint density at radius 2 is 2.15 bits per heavy atom. The highest BCUT2D eigenvalue weighted by Crippen LogP contribution is 2.42. The fourth-order valence-corrected chi connectivity index (χ4v) is 3.82. The van der Waals surface area contributed by atoms with Crippen molar-refractivity contribution in [3.8, 4) is 11.5 Å². The van der Waals surface area contributed by atoms with Crippen LogP contribution in [0.1, 0.15) is 23.5 Å². The van der Waals surface area contributed by atoms with Crippen molar-refractivity contribution >= 4 is 40.3 Å². The monoisotopic (exact) mass is 384 g/mol. The zero-order valence-corrected chi connectivity index (χ0v) is 15.2. The molecule has 2 aromatic carbocycles. The van der Waals surface area contributed by atoms with Crippen molar-refractivity contribution in [3.05, 3.63) is 41.5 Å². The van der Waals surface area contributed by atoms with Gasteiger partial charge in [-0.1, -0.05) is 6.07 Å². The predicted molar refractivity (Wildman–Crippen MR) is 100 cm³/mol. The van der Waals surface area contributed by atoms with Crippen LogP contribution in [-0.2, 0) is 9.59 Å². The van der Waals surface area contributed by atoms with Gasteiger partial charge in [0.05, 0.1) is 18.8 Å². The van der Waals surface area contributed by atoms with E-state index in [1.807, 2.05) is 24.3 Å². The number of nitrogens with one attached hydrogen (secondary N) is 1. The van der Waals surface area contributed by atoms with Crippen molar-refractivity contribution in [1.29, 1.82) is 0 Å². The molecule has 3 aromatic rings. The number of benzene rings is 2. The summed E-state index contributed by atoms with van der Waals surface area (Å²) in [5, 5.41) is 2.90. The number of ether oxygens (including phenoxy) is 2. The third kappa shape index (κ3) is 3.17. The summed E-state index contributed by atoms with van der Waals surface area (Å²) >= 11 is 1.14. The van der Waals surface area contributed by atoms with E-state index in [4.69, 9.17) is 15.2 Å². The number of fused-ring (bicyclic) bond motifs is 3. The summed E-state index contributed by atoms with van der Waals surface area (Å²) in [6.07, 6.45) is 0.286. The average molecular weight is 384 g/mol. The van der Waals surface area contributed by atoms with Crippen LogP contribution < -0.4 is 20.5 Å². The summed E-state index contributed by atoms with van der Waals surface area (Å²) in [6.45, 7) is -0.241. The molecular weight excluding hydrogens is 368 g/mol. The number of nitrogens with zero attached hydrogens (tertiary/aromatic N) is 2. The molecule has 0 unspecified atom stereocenters. The van der Waals surface area contributed by atoms with Crippen molar-refractivity contribution in [1.82, 2.24) is 8.75 Å². The maximum absolute atomic E-state index is 12.2. The fourth-order valence-electron chi connectivity index (χ4n) is 3.28. The summed E-state index contributed by atoms with van der Waals surface area (Å²) in [5.41, 5.74) is 9.28. The normalized spacial score (nSPS) is 15.9. The molecule has 0 aliphatic carbocycles. The first-order chi connectivity index (χ1) is 13.1. The molecular formula is C18H16N4O4S. The lowest BCUT2D eigenvalue weighted by Gasteiger charge is -2.26. The van der Waals surface area contributed by atoms with Crippen LogP contribution in [0.4, 0.5) is 5.69 Å². The lowest BCUT2D eigenvalue weighted by atomic mass is 9.84. The van der Waals surface area contributed by atoms with Crippen LogP contribution in [-0.4, -0.2) is 34.3 Å². The van der Waals surface area contributed by atoms with Gasteiger partial charge in [-0.3, -0.25) is 9.59 Å². The Balaban J connectivity index is 1.79. The van der Waals surface area contributed by atoms with Gasteiger partial charge in [0.2, 0.25) is 5.91 Å². The number of aromatic nitrogens is 2. The Hall–Kier alpha value is -3.20. The molecule has 0 radical (unpaired) electrons. The fraction of sp³-hybridized carbons (Fsp3) is 0.222. The highest BCUT2D eigenvalue weighted by Gasteiger charge is 2.30. The number of carbonyl (C=O) groups excluding carboxylic acids is 2. The molecule has 0 bridgehead atoms. The molecule has 4 rings (SSSR count). The van der Waals surface area contributed by atoms with Crippen molar-refractivity contribution in [2.45, 2.75) is 12.3 Å². The first-order valence-electron chi connectivity index (χ1n) is 8.21. The summed E-state index contributed by atoms with van der Waals surface area (Å²) in [6, 6.07) is 9.07. The minimum Gasteiger partial charge on any atom is -0.493 e. The van der Waals surface area contributed by atoms with Crippen molar-refractivity contribution in [3.63, 3.8) is 0 Å². The second kappa shape index (κ2) is 6.84. The van der Waals surface area contributed by atoms with E-state index in [0.29, 0.717) is 11.5 Å². The second-order valence-corrected chi connectivity index (χ2v) is 6.66. The average Bonchev–Trinajstić information content (AvgIpc) is 3.14. The summed E-state index contributed by atoms with van der Waals surface area (Å²) in [5.74, 6) is 0.0415. The molecule has 0 spiro atoms. The van der Waals surface area contributed by atoms with E-state index in [1.54, 1.807) is 6.07 Å². The molecule has 3 N–H and O–H groups in total. The van der Waals surface area contributed by atoms with Crippen LogP contribution in [0, 0.1) is 0 Å². The van der Waals surface area contributed by atoms with E-state index in [-0.39, 0.29) is 24.9 Å². The molecule has 1 atom stereocenters. The standard InChI is InChI=1S/C18H16N4O4S/c1-25-14-6-9(2-5-13(14)26-8-15(19)23)10-7-16(24)20-11-3-4-12-18(17(10)11)22-27-21-12/h2-6,10H,7-8H2,1H3,(H2,19,23)(H,20,24)/t10-/m1/s1. The van der Waals surface area contributed by atoms with Crippen LogP contribution >= 0.6 is 11.7 Å². The molecule has 1 aliphatic rings. The number of carbonyl (C=O) groups is 2. The number of methoxy groups -OCH3 is 1. The Morgan fingerprint density at radius 3 is 2.93 bits per heavy atom. The largest absolute Gasteiger partial charge is 0.493 e. The summed E-state index contributed by atoms with van der Waals surface area (Å²) in [7, 11) is 1.51. The van der Waals surface area contributed by atoms with Crippen LogP contribution in [0.3, 0.4) is 0 Å². The second-order valence-electron chi connectivity index (χ2n) is 6.13. The number of nitrogens with two attached hydrogens (primary N) is 1. The topological polar surface area (TPSA) is 116 Å². The highest BCUT2D eigenvalue weighted by molar-refractivity contribution is 7.00. The maximum atomic E-state index is 12.2. The molecule has 0 saturated carbocycles. The smallest absolute Gasteiger partial charge is 0.255 e. The number of hydrogen-bond donors (Lipinski definition) is 2. The maximum Gasteiger partial charge on any atom is 0.255 e. The van der Waals surface area contributed by atoms with Crippen molar-refractivity contribution in [2.24, 2.45) is 5.73 Å². The van der Waals surface area contributed by atoms with Gasteiger partial charge >= 0.3 is 0 Å². The molecule has 1 aliphatic heterocycles. The minimum absolute atomic E-state index is 0.0666. The van der Waals surface area contributed by atoms with Gasteiger partial charge < -0.3 is 20.5 Å². The number of anilines is 1. The SMILES string of the molecule is COc1cc([C@H]2CC(=O)Nc3ccc4nsnc4c32)ccc1OCC(N)=O. The van der Waals surface area contributed by atoms with E-state index in [2.05, 4.69) is 14.1 Å². The molecule has 2 amide bonds. The quantitative estimate of drug-likeness (QED) is 0.695. The Morgan fingerprint density at radius 1 is 1.30 bits per heavy atom. The first kappa shape index (κ1) is 17.2. The molecule has 8 nitrogen and oxygen atoms in total. The number of primary amides is 1. The van der Waals surface area contributed by atoms with E-state index >= 15 is 0 Å². The predicted octanol–water partition coefficient (Wildman–Crippen LogP) is 2.04. The molecule has 0 saturated heterocycles. The van der Waals surface area contributed by atoms with Crippen LogP contribution in [0.5, 0.6) is 11.5 Å². The molecule has 0 fully saturated rings. The van der Waals surface area contributed by atoms with Gasteiger partial charge in [0.15, 0.2) is 18.1 Å². The van der Waals surface area contributed by atoms with Crippen LogP contribution in [0.2, 0.25) is 0 Å². The van der Waals surface area contributed by atoms with Crippen LogP contribution in [0.15, 0.2) is 30.3 Å². The first-order valence-corrected chi connectivity index (χ1v) is 8.94. The van der Waals surface area contributed by atoms with E-state index in [1.165, 1.54) is 7.11 Å². The summed E-state index contributed by atoms with van der Waals surface area (Å²) in [4.78, 5) is 23.2. The van der Waals surface area contributed by atoms with E-state index < -0.39 is 5.91 Å². The van der Waals surface area contributed by atoms with E-state index in [9.17, 15) is 9.59 Å². The molecule has 2 heterocycles. The Labute approximate surface area is 158 Å². The van der Waals surface area contributed by atoms with E-state index in [0.717, 1.165) is 39.6 Å². The zero-order chi connectivity index (χ0) is 19.0. The van der Waals surface area contributed by atoms with Gasteiger partial charge in [-0.25, -0.2) is 0 Å². The lowest BCUT2D eigenvalue weighted by molar-refractivity contribution is -0.120. The summed E-state index contributed by atoms with van der Waals surface area (Å²) < 4.78 is 19.5. The van der Waals surface area contributed by atoms with Gasteiger partial charge in [-0.05, 0) is 29.8 Å². The highest BCUT2D eigenvalue weighted by atomic mass is 32.1. The van der Waals surface area contributed by atoms with Gasteiger partial charge in [0.1, 0.15) is 11.0 Å². The van der Waals surface area contributed by atoms with Crippen molar-refractivity contribution in [2.75, 3.05) is 19.0 Å². The number of hydrogen-bond acceptors (Lipinski definition) is 7. The third-order valence-electron chi connectivity index (χ3n) is 4.44. The van der Waals surface area contributed by atoms with Gasteiger partial charge in [-0.15, -0.1) is 0 Å². The number of rotatable bonds is 5. The molecule has 138 valence electrons. The lowest BCUT2D eigenvalue weighted by Crippen LogP contribution is -2.24. The third-order valence-corrected chi connectivity index (χ3v) is 4.98. The Bertz CT molecular complexity index is 1050.